The van der Waals surface area contributed by atoms with Gasteiger partial charge in [0, 0.05) is 11.5 Å². The molecule has 7 heteroatoms. The molecule has 0 fully saturated rings. The number of phenols is 1. The normalized spacial score (nSPS) is 10.5. The zero-order chi connectivity index (χ0) is 11.9. The molecular weight excluding hydrogens is 218 g/mol. The number of nitro benzene ring substituents is 1. The van der Waals surface area contributed by atoms with Gasteiger partial charge in [-0.15, -0.1) is 0 Å². The Morgan fingerprint density at radius 1 is 1.38 bits per heavy atom. The van der Waals surface area contributed by atoms with E-state index in [1.54, 1.807) is 0 Å². The first-order valence-corrected chi connectivity index (χ1v) is 4.13. The summed E-state index contributed by atoms with van der Waals surface area (Å²) in [6, 6.07) is 3.15. The predicted molar refractivity (Wildman–Crippen MR) is 51.5 cm³/mol. The average molecular weight is 223 g/mol. The highest BCUT2D eigenvalue weighted by molar-refractivity contribution is 5.94. The molecule has 1 heterocycles. The number of fused-ring (bicyclic) bond motifs is 1. The third kappa shape index (κ3) is 1.44. The molecule has 0 aliphatic carbocycles. The first kappa shape index (κ1) is 9.97. The number of non-ortho nitro benzene ring substituents is 1. The molecule has 1 aromatic carbocycles. The molecule has 0 saturated carbocycles. The summed E-state index contributed by atoms with van der Waals surface area (Å²) in [5, 5.41) is 28.7. The van der Waals surface area contributed by atoms with Gasteiger partial charge in [-0.1, -0.05) is 0 Å². The third-order valence-corrected chi connectivity index (χ3v) is 2.00. The maximum atomic E-state index is 10.6. The summed E-state index contributed by atoms with van der Waals surface area (Å²) in [7, 11) is 0. The lowest BCUT2D eigenvalue weighted by Gasteiger charge is -1.94. The standard InChI is InChI=1S/C9H5NO6/c11-6-3-5(10(14)15)1-4-2-7(9(12)13)16-8(4)6/h1-3,11H,(H,12,13). The second-order valence-corrected chi connectivity index (χ2v) is 3.06. The quantitative estimate of drug-likeness (QED) is 0.592. The first-order chi connectivity index (χ1) is 7.49. The van der Waals surface area contributed by atoms with Crippen LogP contribution in [0.25, 0.3) is 11.0 Å². The summed E-state index contributed by atoms with van der Waals surface area (Å²) in [4.78, 5) is 20.4. The topological polar surface area (TPSA) is 114 Å². The van der Waals surface area contributed by atoms with Gasteiger partial charge in [0.25, 0.3) is 5.69 Å². The van der Waals surface area contributed by atoms with Crippen LogP contribution in [0.15, 0.2) is 22.6 Å². The van der Waals surface area contributed by atoms with E-state index in [0.29, 0.717) is 0 Å². The van der Waals surface area contributed by atoms with E-state index >= 15 is 0 Å². The molecule has 0 unspecified atom stereocenters. The first-order valence-electron chi connectivity index (χ1n) is 4.13. The molecule has 0 spiro atoms. The second-order valence-electron chi connectivity index (χ2n) is 3.06. The molecular formula is C9H5NO6. The Morgan fingerprint density at radius 3 is 2.62 bits per heavy atom. The Balaban J connectivity index is 2.72. The lowest BCUT2D eigenvalue weighted by atomic mass is 10.2. The molecule has 0 amide bonds. The minimum Gasteiger partial charge on any atom is -0.504 e. The van der Waals surface area contributed by atoms with E-state index in [0.717, 1.165) is 18.2 Å². The van der Waals surface area contributed by atoms with Gasteiger partial charge in [-0.25, -0.2) is 4.79 Å². The summed E-state index contributed by atoms with van der Waals surface area (Å²) in [5.74, 6) is -2.15. The van der Waals surface area contributed by atoms with E-state index in [1.807, 2.05) is 0 Å². The number of aromatic hydroxyl groups is 1. The summed E-state index contributed by atoms with van der Waals surface area (Å²) < 4.78 is 4.82. The van der Waals surface area contributed by atoms with Crippen molar-refractivity contribution in [3.05, 3.63) is 34.1 Å². The van der Waals surface area contributed by atoms with Gasteiger partial charge in [0.15, 0.2) is 11.3 Å². The highest BCUT2D eigenvalue weighted by atomic mass is 16.6. The maximum absolute atomic E-state index is 10.6. The molecule has 82 valence electrons. The summed E-state index contributed by atoms with van der Waals surface area (Å²) in [6.07, 6.45) is 0. The van der Waals surface area contributed by atoms with Crippen LogP contribution in [0.4, 0.5) is 5.69 Å². The Bertz CT molecular complexity index is 599. The molecule has 2 aromatic rings. The van der Waals surface area contributed by atoms with Crippen LogP contribution in [0.5, 0.6) is 5.75 Å². The van der Waals surface area contributed by atoms with Crippen LogP contribution in [0.1, 0.15) is 10.6 Å². The summed E-state index contributed by atoms with van der Waals surface area (Å²) in [5.41, 5.74) is -0.411. The number of hydrogen-bond acceptors (Lipinski definition) is 5. The van der Waals surface area contributed by atoms with Crippen molar-refractivity contribution in [1.29, 1.82) is 0 Å². The Morgan fingerprint density at radius 2 is 2.06 bits per heavy atom. The lowest BCUT2D eigenvalue weighted by molar-refractivity contribution is -0.384. The Labute approximate surface area is 87.7 Å². The molecule has 0 aliphatic heterocycles. The van der Waals surface area contributed by atoms with Crippen LogP contribution >= 0.6 is 0 Å². The third-order valence-electron chi connectivity index (χ3n) is 2.00. The van der Waals surface area contributed by atoms with E-state index in [2.05, 4.69) is 0 Å². The fourth-order valence-corrected chi connectivity index (χ4v) is 1.33. The molecule has 1 aromatic heterocycles. The SMILES string of the molecule is O=C(O)c1cc2cc([N+](=O)[O-])cc(O)c2o1. The molecule has 0 atom stereocenters. The Kier molecular flexibility index (Phi) is 2.01. The van der Waals surface area contributed by atoms with Crippen LogP contribution in [0.3, 0.4) is 0 Å². The van der Waals surface area contributed by atoms with E-state index in [9.17, 15) is 20.0 Å². The number of carbonyl (C=O) groups is 1. The smallest absolute Gasteiger partial charge is 0.371 e. The van der Waals surface area contributed by atoms with E-state index < -0.39 is 16.6 Å². The molecule has 2 N–H and O–H groups in total. The number of carboxylic acid groups (broad SMARTS) is 1. The highest BCUT2D eigenvalue weighted by Crippen LogP contribution is 2.32. The average Bonchev–Trinajstić information content (AvgIpc) is 2.61. The molecule has 0 radical (unpaired) electrons. The monoisotopic (exact) mass is 223 g/mol. The van der Waals surface area contributed by atoms with Gasteiger partial charge < -0.3 is 14.6 Å². The van der Waals surface area contributed by atoms with Crippen LogP contribution in [0, 0.1) is 10.1 Å². The number of aromatic carboxylic acids is 1. The van der Waals surface area contributed by atoms with Crippen molar-refractivity contribution in [3.63, 3.8) is 0 Å². The number of hydrogen-bond donors (Lipinski definition) is 2. The summed E-state index contributed by atoms with van der Waals surface area (Å²) in [6.45, 7) is 0. The van der Waals surface area contributed by atoms with Gasteiger partial charge in [-0.05, 0) is 6.07 Å². The summed E-state index contributed by atoms with van der Waals surface area (Å²) >= 11 is 0. The number of furan rings is 1. The van der Waals surface area contributed by atoms with Crippen molar-refractivity contribution < 1.29 is 24.3 Å². The van der Waals surface area contributed by atoms with Crippen molar-refractivity contribution in [2.24, 2.45) is 0 Å². The number of nitrogens with zero attached hydrogens (tertiary/aromatic N) is 1. The van der Waals surface area contributed by atoms with Crippen LogP contribution < -0.4 is 0 Å². The zero-order valence-corrected chi connectivity index (χ0v) is 7.71. The number of benzene rings is 1. The van der Waals surface area contributed by atoms with Crippen molar-refractivity contribution in [3.8, 4) is 5.75 Å². The molecule has 0 bridgehead atoms. The minimum atomic E-state index is -1.31. The number of nitro groups is 1. The van der Waals surface area contributed by atoms with Crippen molar-refractivity contribution in [2.75, 3.05) is 0 Å². The zero-order valence-electron chi connectivity index (χ0n) is 7.71. The van der Waals surface area contributed by atoms with Gasteiger partial charge >= 0.3 is 5.97 Å². The molecule has 2 rings (SSSR count). The van der Waals surface area contributed by atoms with Crippen LogP contribution in [0.2, 0.25) is 0 Å². The molecule has 0 saturated heterocycles. The fraction of sp³-hybridized carbons (Fsp3) is 0. The number of carboxylic acids is 1. The van der Waals surface area contributed by atoms with Crippen LogP contribution in [-0.4, -0.2) is 21.1 Å². The lowest BCUT2D eigenvalue weighted by Crippen LogP contribution is -1.91. The van der Waals surface area contributed by atoms with E-state index in [1.165, 1.54) is 0 Å². The van der Waals surface area contributed by atoms with Crippen molar-refractivity contribution >= 4 is 22.6 Å². The minimum absolute atomic E-state index is 0.0806. The van der Waals surface area contributed by atoms with Gasteiger partial charge in [0.1, 0.15) is 0 Å². The Hall–Kier alpha value is -2.57. The number of rotatable bonds is 2. The van der Waals surface area contributed by atoms with E-state index in [-0.39, 0.29) is 22.4 Å². The van der Waals surface area contributed by atoms with Crippen molar-refractivity contribution in [2.45, 2.75) is 0 Å². The highest BCUT2D eigenvalue weighted by Gasteiger charge is 2.17. The molecule has 16 heavy (non-hydrogen) atoms. The second kappa shape index (κ2) is 3.23. The van der Waals surface area contributed by atoms with E-state index in [4.69, 9.17) is 9.52 Å². The van der Waals surface area contributed by atoms with Gasteiger partial charge in [-0.3, -0.25) is 10.1 Å². The maximum Gasteiger partial charge on any atom is 0.371 e. The van der Waals surface area contributed by atoms with Crippen LogP contribution in [-0.2, 0) is 0 Å². The number of phenolic OH excluding ortho intramolecular Hbond substituents is 1. The van der Waals surface area contributed by atoms with Gasteiger partial charge in [0.05, 0.1) is 11.0 Å². The molecule has 0 aliphatic rings. The van der Waals surface area contributed by atoms with Gasteiger partial charge in [0.2, 0.25) is 5.76 Å². The molecule has 7 nitrogen and oxygen atoms in total. The largest absolute Gasteiger partial charge is 0.504 e. The predicted octanol–water partition coefficient (Wildman–Crippen LogP) is 1.74. The van der Waals surface area contributed by atoms with Gasteiger partial charge in [-0.2, -0.15) is 0 Å². The fourth-order valence-electron chi connectivity index (χ4n) is 1.33. The van der Waals surface area contributed by atoms with Crippen molar-refractivity contribution in [1.82, 2.24) is 0 Å².